The number of carbonyl (C=O) groups excluding carboxylic acids is 1. The molecule has 1 aliphatic heterocycles. The maximum absolute atomic E-state index is 11.5. The Morgan fingerprint density at radius 2 is 2.11 bits per heavy atom. The molecule has 0 amide bonds. The van der Waals surface area contributed by atoms with Crippen molar-refractivity contribution >= 4 is 5.78 Å². The molecule has 0 aliphatic carbocycles. The van der Waals surface area contributed by atoms with Crippen molar-refractivity contribution in [3.8, 4) is 17.0 Å². The van der Waals surface area contributed by atoms with E-state index in [-0.39, 0.29) is 5.78 Å². The fraction of sp³-hybridized carbons (Fsp3) is 0.200. The van der Waals surface area contributed by atoms with Gasteiger partial charge in [-0.25, -0.2) is 0 Å². The molecule has 0 fully saturated rings. The zero-order valence-corrected chi connectivity index (χ0v) is 10.7. The van der Waals surface area contributed by atoms with Gasteiger partial charge < -0.3 is 9.84 Å². The number of nitrogens with zero attached hydrogens (tertiary/aromatic N) is 1. The molecular weight excluding hydrogens is 242 g/mol. The number of carbonyl (C=O) groups is 1. The predicted molar refractivity (Wildman–Crippen MR) is 70.0 cm³/mol. The second-order valence-electron chi connectivity index (χ2n) is 4.58. The van der Waals surface area contributed by atoms with E-state index in [0.717, 1.165) is 5.56 Å². The first-order valence-corrected chi connectivity index (χ1v) is 6.04. The maximum Gasteiger partial charge on any atom is 0.226 e. The van der Waals surface area contributed by atoms with Gasteiger partial charge >= 0.3 is 0 Å². The minimum absolute atomic E-state index is 0.0705. The lowest BCUT2D eigenvalue weighted by Gasteiger charge is -2.25. The number of aromatic nitrogens is 1. The van der Waals surface area contributed by atoms with E-state index >= 15 is 0 Å². The second-order valence-corrected chi connectivity index (χ2v) is 4.58. The number of aliphatic hydroxyl groups excluding tert-OH is 1. The molecule has 0 radical (unpaired) electrons. The fourth-order valence-corrected chi connectivity index (χ4v) is 2.33. The molecule has 4 heteroatoms. The van der Waals surface area contributed by atoms with Gasteiger partial charge in [-0.05, 0) is 32.0 Å². The highest BCUT2D eigenvalue weighted by atomic mass is 16.6. The first-order valence-electron chi connectivity index (χ1n) is 6.04. The molecule has 0 bridgehead atoms. The molecule has 4 nitrogen and oxygen atoms in total. The molecule has 1 aromatic carbocycles. The minimum atomic E-state index is -1.09. The van der Waals surface area contributed by atoms with E-state index < -0.39 is 6.29 Å². The molecule has 0 saturated carbocycles. The number of ketones is 1. The van der Waals surface area contributed by atoms with Crippen LogP contribution in [0.15, 0.2) is 30.3 Å². The highest BCUT2D eigenvalue weighted by molar-refractivity contribution is 5.96. The first-order chi connectivity index (χ1) is 9.08. The normalized spacial score (nSPS) is 16.3. The van der Waals surface area contributed by atoms with Crippen molar-refractivity contribution in [2.75, 3.05) is 0 Å². The van der Waals surface area contributed by atoms with Crippen LogP contribution < -0.4 is 4.74 Å². The number of ether oxygens (including phenoxy) is 1. The molecule has 1 aromatic heterocycles. The van der Waals surface area contributed by atoms with Gasteiger partial charge in [0.05, 0.1) is 5.69 Å². The van der Waals surface area contributed by atoms with Crippen LogP contribution in [0.5, 0.6) is 5.75 Å². The summed E-state index contributed by atoms with van der Waals surface area (Å²) in [5.74, 6) is 0.531. The average Bonchev–Trinajstić information content (AvgIpc) is 2.38. The van der Waals surface area contributed by atoms with Gasteiger partial charge in [0.1, 0.15) is 5.75 Å². The molecule has 0 saturated heterocycles. The van der Waals surface area contributed by atoms with Crippen LogP contribution in [0.4, 0.5) is 0 Å². The molecular formula is C15H13NO3. The number of aryl methyl sites for hydroxylation is 1. The Morgan fingerprint density at radius 3 is 2.84 bits per heavy atom. The minimum Gasteiger partial charge on any atom is -0.460 e. The average molecular weight is 255 g/mol. The lowest BCUT2D eigenvalue weighted by molar-refractivity contribution is -0.0216. The third-order valence-electron chi connectivity index (χ3n) is 3.27. The molecule has 1 atom stereocenters. The van der Waals surface area contributed by atoms with Gasteiger partial charge in [0, 0.05) is 22.4 Å². The van der Waals surface area contributed by atoms with Gasteiger partial charge in [-0.15, -0.1) is 0 Å². The predicted octanol–water partition coefficient (Wildman–Crippen LogP) is 2.64. The lowest BCUT2D eigenvalue weighted by atomic mass is 9.98. The number of hydrogen-bond acceptors (Lipinski definition) is 4. The summed E-state index contributed by atoms with van der Waals surface area (Å²) in [6.07, 6.45) is -1.09. The van der Waals surface area contributed by atoms with Gasteiger partial charge in [0.2, 0.25) is 6.29 Å². The van der Waals surface area contributed by atoms with Crippen molar-refractivity contribution in [2.45, 2.75) is 20.1 Å². The summed E-state index contributed by atoms with van der Waals surface area (Å²) >= 11 is 0. The summed E-state index contributed by atoms with van der Waals surface area (Å²) < 4.78 is 5.44. The van der Waals surface area contributed by atoms with Gasteiger partial charge in [-0.2, -0.15) is 0 Å². The smallest absolute Gasteiger partial charge is 0.226 e. The monoisotopic (exact) mass is 255 g/mol. The van der Waals surface area contributed by atoms with Gasteiger partial charge in [-0.3, -0.25) is 9.78 Å². The Morgan fingerprint density at radius 1 is 1.37 bits per heavy atom. The Kier molecular flexibility index (Phi) is 2.61. The van der Waals surface area contributed by atoms with Crippen LogP contribution >= 0.6 is 0 Å². The summed E-state index contributed by atoms with van der Waals surface area (Å²) in [7, 11) is 0. The topological polar surface area (TPSA) is 59.4 Å². The first kappa shape index (κ1) is 11.9. The maximum atomic E-state index is 11.5. The van der Waals surface area contributed by atoms with E-state index in [1.807, 2.05) is 18.2 Å². The molecule has 19 heavy (non-hydrogen) atoms. The molecule has 1 unspecified atom stereocenters. The van der Waals surface area contributed by atoms with Crippen molar-refractivity contribution in [2.24, 2.45) is 0 Å². The highest BCUT2D eigenvalue weighted by Gasteiger charge is 2.27. The molecule has 2 heterocycles. The molecule has 1 N–H and O–H groups in total. The van der Waals surface area contributed by atoms with Crippen molar-refractivity contribution in [1.29, 1.82) is 0 Å². The third kappa shape index (κ3) is 1.81. The number of rotatable bonds is 1. The van der Waals surface area contributed by atoms with Crippen LogP contribution in [0, 0.1) is 6.92 Å². The zero-order chi connectivity index (χ0) is 13.6. The van der Waals surface area contributed by atoms with Crippen LogP contribution in [-0.2, 0) is 0 Å². The number of Topliss-reactive ketones (excluding diaryl/α,β-unsaturated/α-hetero) is 1. The van der Waals surface area contributed by atoms with Crippen LogP contribution in [0.25, 0.3) is 11.3 Å². The Balaban J connectivity index is 2.28. The summed E-state index contributed by atoms with van der Waals surface area (Å²) in [4.78, 5) is 16.0. The summed E-state index contributed by atoms with van der Waals surface area (Å²) in [5.41, 5.74) is 3.23. The number of pyridine rings is 1. The van der Waals surface area contributed by atoms with E-state index in [1.165, 1.54) is 6.92 Å². The number of fused-ring (bicyclic) bond motifs is 3. The van der Waals surface area contributed by atoms with E-state index in [2.05, 4.69) is 4.98 Å². The van der Waals surface area contributed by atoms with Gasteiger partial charge in [0.25, 0.3) is 0 Å². The lowest BCUT2D eigenvalue weighted by Crippen LogP contribution is -2.16. The molecule has 96 valence electrons. The highest BCUT2D eigenvalue weighted by Crippen LogP contribution is 2.40. The summed E-state index contributed by atoms with van der Waals surface area (Å²) in [5, 5.41) is 10.0. The SMILES string of the molecule is CC(=O)c1cc2c(nc1C)-c1ccccc1OC2O. The summed E-state index contributed by atoms with van der Waals surface area (Å²) in [6, 6.07) is 9.07. The van der Waals surface area contributed by atoms with Crippen molar-refractivity contribution in [3.05, 3.63) is 47.2 Å². The molecule has 0 spiro atoms. The Labute approximate surface area is 110 Å². The van der Waals surface area contributed by atoms with E-state index in [1.54, 1.807) is 19.1 Å². The van der Waals surface area contributed by atoms with Crippen molar-refractivity contribution in [1.82, 2.24) is 4.98 Å². The van der Waals surface area contributed by atoms with E-state index in [9.17, 15) is 9.90 Å². The van der Waals surface area contributed by atoms with Crippen LogP contribution in [0.2, 0.25) is 0 Å². The van der Waals surface area contributed by atoms with Crippen molar-refractivity contribution < 1.29 is 14.6 Å². The Hall–Kier alpha value is -2.20. The molecule has 2 aromatic rings. The summed E-state index contributed by atoms with van der Waals surface area (Å²) in [6.45, 7) is 3.28. The quantitative estimate of drug-likeness (QED) is 0.796. The van der Waals surface area contributed by atoms with E-state index in [4.69, 9.17) is 4.74 Å². The largest absolute Gasteiger partial charge is 0.460 e. The van der Waals surface area contributed by atoms with Crippen molar-refractivity contribution in [3.63, 3.8) is 0 Å². The van der Waals surface area contributed by atoms with Crippen LogP contribution in [0.1, 0.15) is 34.8 Å². The third-order valence-corrected chi connectivity index (χ3v) is 3.27. The zero-order valence-electron chi connectivity index (χ0n) is 10.7. The molecule has 1 aliphatic rings. The van der Waals surface area contributed by atoms with Gasteiger partial charge in [-0.1, -0.05) is 12.1 Å². The number of aliphatic hydroxyl groups is 1. The van der Waals surface area contributed by atoms with Gasteiger partial charge in [0.15, 0.2) is 5.78 Å². The van der Waals surface area contributed by atoms with Crippen LogP contribution in [0.3, 0.4) is 0 Å². The van der Waals surface area contributed by atoms with E-state index in [0.29, 0.717) is 28.3 Å². The second kappa shape index (κ2) is 4.17. The van der Waals surface area contributed by atoms with Crippen LogP contribution in [-0.4, -0.2) is 15.9 Å². The number of hydrogen-bond donors (Lipinski definition) is 1. The number of benzene rings is 1. The number of para-hydroxylation sites is 1. The molecule has 3 rings (SSSR count). The Bertz CT molecular complexity index is 679. The fourth-order valence-electron chi connectivity index (χ4n) is 2.33. The standard InChI is InChI=1S/C15H13NO3/c1-8-11(9(2)17)7-12-14(16-8)10-5-3-4-6-13(10)19-15(12)18/h3-7,15,18H,1-2H3.